The van der Waals surface area contributed by atoms with E-state index in [0.717, 1.165) is 31.8 Å². The number of hydrogen-bond acceptors (Lipinski definition) is 2. The highest BCUT2D eigenvalue weighted by molar-refractivity contribution is 9.10. The second-order valence-corrected chi connectivity index (χ2v) is 10.8. The van der Waals surface area contributed by atoms with Crippen molar-refractivity contribution < 1.29 is 11.6 Å². The molecule has 0 saturated carbocycles. The Bertz CT molecular complexity index is 2000. The Kier molecular flexibility index (Phi) is 4.57. The molecule has 4 heteroatoms. The molecule has 4 aromatic carbocycles. The number of benzene rings is 4. The molecular formula is C33H27BrN2O. The molecule has 2 heterocycles. The minimum Gasteiger partial charge on any atom is -0.457 e. The van der Waals surface area contributed by atoms with E-state index >= 15 is 0 Å². The highest BCUT2D eigenvalue weighted by atomic mass is 79.9. The van der Waals surface area contributed by atoms with Gasteiger partial charge in [-0.15, -0.1) is 0 Å². The van der Waals surface area contributed by atoms with Crippen LogP contribution in [-0.4, -0.2) is 9.55 Å². The second-order valence-electron chi connectivity index (χ2n) is 9.93. The van der Waals surface area contributed by atoms with Crippen LogP contribution in [0.1, 0.15) is 33.2 Å². The molecule has 0 radical (unpaired) electrons. The molecule has 6 aromatic rings. The molecule has 182 valence electrons. The summed E-state index contributed by atoms with van der Waals surface area (Å²) in [6.45, 7) is 6.13. The van der Waals surface area contributed by atoms with Crippen LogP contribution in [0.2, 0.25) is 0 Å². The number of aromatic nitrogens is 2. The lowest BCUT2D eigenvalue weighted by Gasteiger charge is -2.24. The molecule has 0 amide bonds. The Hall–Kier alpha value is -3.89. The largest absolute Gasteiger partial charge is 0.457 e. The van der Waals surface area contributed by atoms with Gasteiger partial charge in [-0.05, 0) is 59.0 Å². The zero-order valence-electron chi connectivity index (χ0n) is 25.7. The van der Waals surface area contributed by atoms with Gasteiger partial charge in [-0.2, -0.15) is 0 Å². The maximum atomic E-state index is 8.59. The lowest BCUT2D eigenvalue weighted by atomic mass is 9.82. The first-order chi connectivity index (χ1) is 20.0. The summed E-state index contributed by atoms with van der Waals surface area (Å²) in [5.41, 5.74) is 2.93. The van der Waals surface area contributed by atoms with Crippen LogP contribution in [0, 0.1) is 0 Å². The van der Waals surface area contributed by atoms with Crippen LogP contribution in [-0.2, 0) is 5.41 Å². The quantitative estimate of drug-likeness (QED) is 0.218. The fraction of sp³-hybridized carbons (Fsp3) is 0.121. The van der Waals surface area contributed by atoms with E-state index < -0.39 is 11.5 Å². The third-order valence-electron chi connectivity index (χ3n) is 6.37. The molecule has 0 bridgehead atoms. The predicted molar refractivity (Wildman–Crippen MR) is 157 cm³/mol. The van der Waals surface area contributed by atoms with Crippen molar-refractivity contribution in [2.24, 2.45) is 0 Å². The molecule has 0 aliphatic heterocycles. The van der Waals surface area contributed by atoms with Crippen LogP contribution in [0.25, 0.3) is 38.8 Å². The van der Waals surface area contributed by atoms with Crippen molar-refractivity contribution in [2.45, 2.75) is 26.2 Å². The summed E-state index contributed by atoms with van der Waals surface area (Å²) in [7, 11) is 0. The summed E-state index contributed by atoms with van der Waals surface area (Å²) in [6.07, 6.45) is 1.63. The van der Waals surface area contributed by atoms with Gasteiger partial charge in [0.05, 0.1) is 17.9 Å². The van der Waals surface area contributed by atoms with Gasteiger partial charge in [-0.1, -0.05) is 91.2 Å². The number of hydrogen-bond donors (Lipinski definition) is 0. The molecule has 0 aliphatic rings. The second kappa shape index (κ2) is 9.20. The molecule has 2 aromatic heterocycles. The number of para-hydroxylation sites is 1. The van der Waals surface area contributed by atoms with Crippen LogP contribution in [0.5, 0.6) is 11.5 Å². The SMILES string of the molecule is [2H]c1c([2H])c([2H])c(-c2cnc(-n3c4ccccc4c4ccc(Oc5cccc(Br)c5)cc43)cc2C(C)(C)C)c([2H])c1[2H]. The van der Waals surface area contributed by atoms with E-state index in [1.165, 1.54) is 0 Å². The van der Waals surface area contributed by atoms with Gasteiger partial charge in [0.25, 0.3) is 0 Å². The van der Waals surface area contributed by atoms with Crippen molar-refractivity contribution in [1.29, 1.82) is 0 Å². The molecule has 0 spiro atoms. The van der Waals surface area contributed by atoms with Crippen molar-refractivity contribution in [3.63, 3.8) is 0 Å². The van der Waals surface area contributed by atoms with E-state index in [0.29, 0.717) is 22.9 Å². The fourth-order valence-corrected chi connectivity index (χ4v) is 5.08. The maximum absolute atomic E-state index is 8.59. The monoisotopic (exact) mass is 551 g/mol. The summed E-state index contributed by atoms with van der Waals surface area (Å²) < 4.78 is 50.9. The minimum atomic E-state index is -0.427. The number of pyridine rings is 1. The molecule has 0 saturated heterocycles. The lowest BCUT2D eigenvalue weighted by molar-refractivity contribution is 0.483. The molecule has 3 nitrogen and oxygen atoms in total. The normalized spacial score (nSPS) is 13.7. The lowest BCUT2D eigenvalue weighted by Crippen LogP contribution is -2.14. The van der Waals surface area contributed by atoms with Crippen molar-refractivity contribution in [2.75, 3.05) is 0 Å². The van der Waals surface area contributed by atoms with Crippen molar-refractivity contribution >= 4 is 37.7 Å². The first-order valence-corrected chi connectivity index (χ1v) is 12.8. The Morgan fingerprint density at radius 1 is 0.811 bits per heavy atom. The Morgan fingerprint density at radius 2 is 1.57 bits per heavy atom. The van der Waals surface area contributed by atoms with E-state index in [9.17, 15) is 0 Å². The molecule has 0 aliphatic carbocycles. The molecule has 0 N–H and O–H groups in total. The number of fused-ring (bicyclic) bond motifs is 3. The van der Waals surface area contributed by atoms with Crippen LogP contribution in [0.3, 0.4) is 0 Å². The average molecular weight is 553 g/mol. The first-order valence-electron chi connectivity index (χ1n) is 14.5. The van der Waals surface area contributed by atoms with E-state index in [1.54, 1.807) is 6.20 Å². The van der Waals surface area contributed by atoms with E-state index in [4.69, 9.17) is 16.6 Å². The van der Waals surface area contributed by atoms with Gasteiger partial charge >= 0.3 is 0 Å². The van der Waals surface area contributed by atoms with Crippen molar-refractivity contribution in [3.8, 4) is 28.4 Å². The van der Waals surface area contributed by atoms with Gasteiger partial charge in [0.1, 0.15) is 17.3 Å². The highest BCUT2D eigenvalue weighted by Gasteiger charge is 2.22. The standard InChI is InChI=1S/C33H27BrN2O/c1-33(2,3)29-20-32(35-21-28(29)22-10-5-4-6-11-22)36-30-15-8-7-14-26(30)27-17-16-25(19-31(27)36)37-24-13-9-12-23(34)18-24/h4-21H,1-3H3/i4D,5D,6D,10D,11D. The molecule has 0 unspecified atom stereocenters. The zero-order valence-corrected chi connectivity index (χ0v) is 22.3. The van der Waals surface area contributed by atoms with Crippen LogP contribution >= 0.6 is 15.9 Å². The predicted octanol–water partition coefficient (Wildman–Crippen LogP) is 9.70. The number of nitrogens with zero attached hydrogens (tertiary/aromatic N) is 2. The molecule has 0 atom stereocenters. The van der Waals surface area contributed by atoms with Gasteiger partial charge in [0.15, 0.2) is 0 Å². The molecule has 0 fully saturated rings. The topological polar surface area (TPSA) is 27.1 Å². The smallest absolute Gasteiger partial charge is 0.137 e. The van der Waals surface area contributed by atoms with Crippen LogP contribution in [0.4, 0.5) is 0 Å². The van der Waals surface area contributed by atoms with Gasteiger partial charge < -0.3 is 4.74 Å². The maximum Gasteiger partial charge on any atom is 0.137 e. The van der Waals surface area contributed by atoms with Gasteiger partial charge in [-0.25, -0.2) is 4.98 Å². The number of rotatable bonds is 4. The third kappa shape index (κ3) is 4.42. The van der Waals surface area contributed by atoms with E-state index in [2.05, 4.69) is 26.6 Å². The van der Waals surface area contributed by atoms with Gasteiger partial charge in [-0.3, -0.25) is 4.57 Å². The summed E-state index contributed by atoms with van der Waals surface area (Å²) in [4.78, 5) is 4.84. The number of halogens is 1. The van der Waals surface area contributed by atoms with Gasteiger partial charge in [0.2, 0.25) is 0 Å². The van der Waals surface area contributed by atoms with Crippen molar-refractivity contribution in [1.82, 2.24) is 9.55 Å². The van der Waals surface area contributed by atoms with E-state index in [-0.39, 0.29) is 29.7 Å². The van der Waals surface area contributed by atoms with Crippen molar-refractivity contribution in [3.05, 3.63) is 119 Å². The van der Waals surface area contributed by atoms with Crippen LogP contribution < -0.4 is 4.74 Å². The summed E-state index contributed by atoms with van der Waals surface area (Å²) in [5.74, 6) is 2.04. The number of ether oxygens (including phenoxy) is 1. The minimum absolute atomic E-state index is 0.150. The fourth-order valence-electron chi connectivity index (χ4n) is 4.70. The highest BCUT2D eigenvalue weighted by Crippen LogP contribution is 2.38. The van der Waals surface area contributed by atoms with Crippen LogP contribution in [0.15, 0.2) is 114 Å². The van der Waals surface area contributed by atoms with E-state index in [1.807, 2.05) is 87.5 Å². The Labute approximate surface area is 232 Å². The van der Waals surface area contributed by atoms with Gasteiger partial charge in [0, 0.05) is 33.1 Å². The Morgan fingerprint density at radius 3 is 2.35 bits per heavy atom. The third-order valence-corrected chi connectivity index (χ3v) is 6.87. The summed E-state index contributed by atoms with van der Waals surface area (Å²) in [5, 5.41) is 2.11. The Balaban J connectivity index is 1.60. The molecular weight excluding hydrogens is 520 g/mol. The average Bonchev–Trinajstić information content (AvgIpc) is 3.28. The first kappa shape index (κ1) is 18.4. The molecule has 37 heavy (non-hydrogen) atoms. The summed E-state index contributed by atoms with van der Waals surface area (Å²) in [6, 6.07) is 22.1. The molecule has 6 rings (SSSR count). The summed E-state index contributed by atoms with van der Waals surface area (Å²) >= 11 is 3.50. The zero-order chi connectivity index (χ0) is 29.9.